The highest BCUT2D eigenvalue weighted by Gasteiger charge is 2.17. The highest BCUT2D eigenvalue weighted by molar-refractivity contribution is 5.58. The third-order valence-electron chi connectivity index (χ3n) is 5.79. The van der Waals surface area contributed by atoms with Gasteiger partial charge in [-0.1, -0.05) is 61.6 Å². The molecule has 1 unspecified atom stereocenters. The van der Waals surface area contributed by atoms with Crippen LogP contribution in [0, 0.1) is 5.92 Å². The minimum absolute atomic E-state index is 0.653. The average Bonchev–Trinajstić information content (AvgIpc) is 2.74. The topological polar surface area (TPSA) is 3.24 Å². The second-order valence-electron chi connectivity index (χ2n) is 7.85. The molecule has 0 radical (unpaired) electrons. The minimum Gasteiger partial charge on any atom is -0.348 e. The van der Waals surface area contributed by atoms with Gasteiger partial charge in [-0.05, 0) is 78.5 Å². The van der Waals surface area contributed by atoms with E-state index in [2.05, 4.69) is 91.7 Å². The molecule has 0 saturated heterocycles. The molecule has 0 N–H and O–H groups in total. The van der Waals surface area contributed by atoms with E-state index in [1.54, 1.807) is 0 Å². The lowest BCUT2D eigenvalue weighted by Gasteiger charge is -2.27. The van der Waals surface area contributed by atoms with E-state index in [9.17, 15) is 0 Å². The SMILES string of the molecule is CC1C=CC=C(C2=CC(C3=CCCC(N(C)c4ccccc4)=C3)=CCC2)C1. The van der Waals surface area contributed by atoms with E-state index in [1.165, 1.54) is 46.5 Å². The fourth-order valence-corrected chi connectivity index (χ4v) is 4.21. The third-order valence-corrected chi connectivity index (χ3v) is 5.79. The van der Waals surface area contributed by atoms with E-state index in [1.807, 2.05) is 0 Å². The maximum atomic E-state index is 2.44. The maximum absolute atomic E-state index is 2.44. The first-order valence-electron chi connectivity index (χ1n) is 10.2. The fourth-order valence-electron chi connectivity index (χ4n) is 4.21. The Morgan fingerprint density at radius 2 is 1.63 bits per heavy atom. The van der Waals surface area contributed by atoms with Gasteiger partial charge in [0.2, 0.25) is 0 Å². The lowest BCUT2D eigenvalue weighted by Crippen LogP contribution is -2.18. The van der Waals surface area contributed by atoms with Crippen LogP contribution in [-0.4, -0.2) is 7.05 Å². The van der Waals surface area contributed by atoms with Gasteiger partial charge in [-0.2, -0.15) is 0 Å². The van der Waals surface area contributed by atoms with Gasteiger partial charge >= 0.3 is 0 Å². The van der Waals surface area contributed by atoms with Crippen molar-refractivity contribution in [2.45, 2.75) is 39.0 Å². The molecule has 1 aromatic rings. The zero-order valence-electron chi connectivity index (χ0n) is 16.5. The van der Waals surface area contributed by atoms with Gasteiger partial charge < -0.3 is 4.90 Å². The minimum atomic E-state index is 0.653. The Balaban J connectivity index is 1.57. The molecule has 1 heteroatoms. The fraction of sp³-hybridized carbons (Fsp3) is 0.308. The van der Waals surface area contributed by atoms with Gasteiger partial charge in [-0.25, -0.2) is 0 Å². The molecule has 0 aromatic heterocycles. The number of benzene rings is 1. The van der Waals surface area contributed by atoms with Crippen LogP contribution in [0.2, 0.25) is 0 Å². The van der Waals surface area contributed by atoms with Crippen LogP contribution in [0.25, 0.3) is 0 Å². The molecule has 0 spiro atoms. The quantitative estimate of drug-likeness (QED) is 0.568. The van der Waals surface area contributed by atoms with Gasteiger partial charge in [0.25, 0.3) is 0 Å². The van der Waals surface area contributed by atoms with Gasteiger partial charge in [0.1, 0.15) is 0 Å². The van der Waals surface area contributed by atoms with E-state index < -0.39 is 0 Å². The summed E-state index contributed by atoms with van der Waals surface area (Å²) in [5.74, 6) is 0.653. The molecule has 138 valence electrons. The van der Waals surface area contributed by atoms with Crippen LogP contribution in [0.5, 0.6) is 0 Å². The van der Waals surface area contributed by atoms with Crippen LogP contribution in [-0.2, 0) is 0 Å². The lowest BCUT2D eigenvalue weighted by atomic mass is 9.84. The van der Waals surface area contributed by atoms with Gasteiger partial charge in [-0.15, -0.1) is 0 Å². The first-order chi connectivity index (χ1) is 13.2. The molecule has 1 atom stereocenters. The van der Waals surface area contributed by atoms with Gasteiger partial charge in [0.05, 0.1) is 0 Å². The van der Waals surface area contributed by atoms with Crippen molar-refractivity contribution >= 4 is 5.69 Å². The zero-order chi connectivity index (χ0) is 18.6. The number of hydrogen-bond donors (Lipinski definition) is 0. The Morgan fingerprint density at radius 1 is 0.889 bits per heavy atom. The van der Waals surface area contributed by atoms with E-state index in [0.29, 0.717) is 5.92 Å². The summed E-state index contributed by atoms with van der Waals surface area (Å²) in [6, 6.07) is 10.7. The first-order valence-corrected chi connectivity index (χ1v) is 10.2. The van der Waals surface area contributed by atoms with Crippen LogP contribution >= 0.6 is 0 Å². The molecule has 3 aliphatic rings. The van der Waals surface area contributed by atoms with Crippen molar-refractivity contribution in [3.63, 3.8) is 0 Å². The number of hydrogen-bond acceptors (Lipinski definition) is 1. The predicted octanol–water partition coefficient (Wildman–Crippen LogP) is 6.90. The number of allylic oxidation sites excluding steroid dienone is 12. The molecule has 0 aliphatic heterocycles. The van der Waals surface area contributed by atoms with Crippen molar-refractivity contribution in [3.8, 4) is 0 Å². The van der Waals surface area contributed by atoms with Crippen LogP contribution in [0.1, 0.15) is 39.0 Å². The normalized spacial score (nSPS) is 22.3. The van der Waals surface area contributed by atoms with Crippen LogP contribution in [0.4, 0.5) is 5.69 Å². The maximum Gasteiger partial charge on any atom is 0.0405 e. The molecule has 1 aromatic carbocycles. The first kappa shape index (κ1) is 17.9. The molecule has 0 amide bonds. The van der Waals surface area contributed by atoms with E-state index in [4.69, 9.17) is 0 Å². The smallest absolute Gasteiger partial charge is 0.0405 e. The molecule has 0 fully saturated rings. The van der Waals surface area contributed by atoms with Crippen LogP contribution in [0.3, 0.4) is 0 Å². The van der Waals surface area contributed by atoms with E-state index in [-0.39, 0.29) is 0 Å². The van der Waals surface area contributed by atoms with Gasteiger partial charge in [0, 0.05) is 18.4 Å². The van der Waals surface area contributed by atoms with Crippen molar-refractivity contribution in [2.75, 3.05) is 11.9 Å². The van der Waals surface area contributed by atoms with Crippen molar-refractivity contribution in [1.29, 1.82) is 0 Å². The Labute approximate surface area is 163 Å². The molecule has 3 aliphatic carbocycles. The summed E-state index contributed by atoms with van der Waals surface area (Å²) in [6.45, 7) is 2.31. The Kier molecular flexibility index (Phi) is 5.29. The lowest BCUT2D eigenvalue weighted by molar-refractivity contribution is 0.703. The van der Waals surface area contributed by atoms with Gasteiger partial charge in [-0.3, -0.25) is 0 Å². The molecule has 1 nitrogen and oxygen atoms in total. The number of anilines is 1. The standard InChI is InChI=1S/C26H29N/c1-20-9-6-10-21(17-20)22-11-7-12-23(18-22)24-13-8-16-26(19-24)27(2)25-14-4-3-5-15-25/h3-6,9-10,12-15,18-20H,7-8,11,16-17H2,1-2H3. The van der Waals surface area contributed by atoms with Crippen molar-refractivity contribution in [3.05, 3.63) is 101 Å². The molecule has 4 rings (SSSR count). The second-order valence-corrected chi connectivity index (χ2v) is 7.85. The van der Waals surface area contributed by atoms with Crippen LogP contribution < -0.4 is 4.90 Å². The van der Waals surface area contributed by atoms with Crippen LogP contribution in [0.15, 0.2) is 101 Å². The summed E-state index contributed by atoms with van der Waals surface area (Å²) in [6.07, 6.45) is 22.2. The molecular weight excluding hydrogens is 326 g/mol. The highest BCUT2D eigenvalue weighted by atomic mass is 15.1. The summed E-state index contributed by atoms with van der Waals surface area (Å²) in [7, 11) is 2.18. The van der Waals surface area contributed by atoms with Gasteiger partial charge in [0.15, 0.2) is 0 Å². The molecular formula is C26H29N. The molecule has 27 heavy (non-hydrogen) atoms. The summed E-state index contributed by atoms with van der Waals surface area (Å²) < 4.78 is 0. The van der Waals surface area contributed by atoms with E-state index >= 15 is 0 Å². The Hall–Kier alpha value is -2.54. The number of para-hydroxylation sites is 1. The monoisotopic (exact) mass is 355 g/mol. The summed E-state index contributed by atoms with van der Waals surface area (Å²) in [4.78, 5) is 2.33. The van der Waals surface area contributed by atoms with E-state index in [0.717, 1.165) is 19.3 Å². The largest absolute Gasteiger partial charge is 0.348 e. The zero-order valence-corrected chi connectivity index (χ0v) is 16.5. The summed E-state index contributed by atoms with van der Waals surface area (Å²) in [5.41, 5.74) is 8.49. The predicted molar refractivity (Wildman–Crippen MR) is 117 cm³/mol. The second kappa shape index (κ2) is 8.00. The summed E-state index contributed by atoms with van der Waals surface area (Å²) >= 11 is 0. The van der Waals surface area contributed by atoms with Crippen molar-refractivity contribution in [1.82, 2.24) is 0 Å². The number of nitrogens with zero attached hydrogens (tertiary/aromatic N) is 1. The molecule has 0 bridgehead atoms. The highest BCUT2D eigenvalue weighted by Crippen LogP contribution is 2.35. The van der Waals surface area contributed by atoms with Crippen molar-refractivity contribution < 1.29 is 0 Å². The summed E-state index contributed by atoms with van der Waals surface area (Å²) in [5, 5.41) is 0. The van der Waals surface area contributed by atoms with Crippen molar-refractivity contribution in [2.24, 2.45) is 5.92 Å². The number of rotatable bonds is 4. The Morgan fingerprint density at radius 3 is 2.41 bits per heavy atom. The Bertz CT molecular complexity index is 874. The average molecular weight is 356 g/mol. The third kappa shape index (κ3) is 4.08. The molecule has 0 heterocycles. The molecule has 0 saturated carbocycles.